The van der Waals surface area contributed by atoms with Crippen LogP contribution < -0.4 is 5.32 Å². The minimum atomic E-state index is -2.75. The van der Waals surface area contributed by atoms with Gasteiger partial charge in [0.05, 0.1) is 5.69 Å². The molecule has 170 valence electrons. The Morgan fingerprint density at radius 3 is 2.70 bits per heavy atom. The number of carbonyl (C=O) groups excluding carboxylic acids is 1. The van der Waals surface area contributed by atoms with Crippen molar-refractivity contribution in [3.05, 3.63) is 65.6 Å². The van der Waals surface area contributed by atoms with Crippen LogP contribution in [0.2, 0.25) is 0 Å². The summed E-state index contributed by atoms with van der Waals surface area (Å²) in [7, 11) is 0. The highest BCUT2D eigenvalue weighted by atomic mass is 19.3. The molecule has 7 nitrogen and oxygen atoms in total. The van der Waals surface area contributed by atoms with E-state index in [2.05, 4.69) is 25.4 Å². The monoisotopic (exact) mass is 454 g/mol. The molecule has 1 aliphatic carbocycles. The maximum Gasteiger partial charge on any atom is 0.280 e. The maximum atomic E-state index is 14.2. The van der Waals surface area contributed by atoms with Crippen LogP contribution >= 0.6 is 0 Å². The Morgan fingerprint density at radius 2 is 1.91 bits per heavy atom. The lowest BCUT2D eigenvalue weighted by molar-refractivity contribution is -0.110. The van der Waals surface area contributed by atoms with Gasteiger partial charge in [-0.3, -0.25) is 9.78 Å². The summed E-state index contributed by atoms with van der Waals surface area (Å²) >= 11 is 0. The summed E-state index contributed by atoms with van der Waals surface area (Å²) in [5.41, 5.74) is 1.40. The lowest BCUT2D eigenvalue weighted by Gasteiger charge is -2.26. The van der Waals surface area contributed by atoms with E-state index in [1.165, 1.54) is 23.0 Å². The van der Waals surface area contributed by atoms with Crippen LogP contribution in [0.1, 0.15) is 60.9 Å². The number of nitrogens with zero attached hydrogens (tertiary/aromatic N) is 5. The van der Waals surface area contributed by atoms with Gasteiger partial charge in [0, 0.05) is 23.5 Å². The predicted octanol–water partition coefficient (Wildman–Crippen LogP) is 4.31. The Hall–Kier alpha value is -3.56. The zero-order valence-corrected chi connectivity index (χ0v) is 17.5. The van der Waals surface area contributed by atoms with E-state index in [1.54, 1.807) is 18.3 Å². The maximum absolute atomic E-state index is 14.2. The van der Waals surface area contributed by atoms with Crippen molar-refractivity contribution in [2.45, 2.75) is 50.0 Å². The van der Waals surface area contributed by atoms with Gasteiger partial charge in [-0.1, -0.05) is 12.1 Å². The second-order valence-electron chi connectivity index (χ2n) is 8.31. The smallest absolute Gasteiger partial charge is 0.280 e. The number of hydrogen-bond donors (Lipinski definition) is 1. The van der Waals surface area contributed by atoms with E-state index in [1.807, 2.05) is 6.07 Å². The van der Waals surface area contributed by atoms with Gasteiger partial charge >= 0.3 is 0 Å². The van der Waals surface area contributed by atoms with Crippen LogP contribution in [0.5, 0.6) is 0 Å². The molecule has 33 heavy (non-hydrogen) atoms. The number of benzene rings is 1. The van der Waals surface area contributed by atoms with Gasteiger partial charge < -0.3 is 5.32 Å². The van der Waals surface area contributed by atoms with Crippen LogP contribution in [0.15, 0.2) is 42.9 Å². The molecular formula is C23H21F3N6O. The zero-order chi connectivity index (χ0) is 22.9. The van der Waals surface area contributed by atoms with Crippen LogP contribution in [-0.2, 0) is 4.79 Å². The van der Waals surface area contributed by atoms with Crippen LogP contribution in [-0.4, -0.2) is 37.0 Å². The second kappa shape index (κ2) is 8.76. The number of nitrogens with one attached hydrogen (secondary N) is 1. The number of para-hydroxylation sites is 1. The molecule has 5 rings (SSSR count). The predicted molar refractivity (Wildman–Crippen MR) is 114 cm³/mol. The summed E-state index contributed by atoms with van der Waals surface area (Å²) in [6.45, 7) is 0. The fourth-order valence-electron chi connectivity index (χ4n) is 4.90. The number of hydrogen-bond acceptors (Lipinski definition) is 5. The molecular weight excluding hydrogens is 433 g/mol. The van der Waals surface area contributed by atoms with Crippen molar-refractivity contribution in [3.63, 3.8) is 0 Å². The Labute approximate surface area is 187 Å². The van der Waals surface area contributed by atoms with Gasteiger partial charge in [-0.25, -0.2) is 22.7 Å². The molecule has 1 N–H and O–H groups in total. The van der Waals surface area contributed by atoms with Crippen molar-refractivity contribution in [2.24, 2.45) is 0 Å². The molecule has 3 aromatic heterocycles. The van der Waals surface area contributed by atoms with Crippen molar-refractivity contribution in [3.8, 4) is 0 Å². The van der Waals surface area contributed by atoms with Crippen LogP contribution in [0.4, 0.5) is 13.2 Å². The molecule has 0 bridgehead atoms. The molecule has 2 unspecified atom stereocenters. The Morgan fingerprint density at radius 1 is 1.09 bits per heavy atom. The van der Waals surface area contributed by atoms with E-state index in [0.29, 0.717) is 43.2 Å². The Bertz CT molecular complexity index is 1310. The van der Waals surface area contributed by atoms with E-state index in [4.69, 9.17) is 0 Å². The standard InChI is InChI=1S/C23H21F3N6O/c24-18-3-1-2-13-8-14(10-27-21(13)18)16-6-4-15(29-12-33)5-7-17(16)20-9-19(22(25)26)31-23-28-11-30-32(20)23/h1-3,8-12,15-17,22H,4-7H2,(H,29,33)/t15-,16?,17?/m0/s1. The molecule has 1 aromatic carbocycles. The quantitative estimate of drug-likeness (QED) is 0.359. The second-order valence-corrected chi connectivity index (χ2v) is 8.31. The van der Waals surface area contributed by atoms with Crippen LogP contribution in [0, 0.1) is 5.82 Å². The molecule has 0 saturated heterocycles. The number of aromatic nitrogens is 5. The lowest BCUT2D eigenvalue weighted by Crippen LogP contribution is -2.26. The number of halogens is 3. The van der Waals surface area contributed by atoms with E-state index in [9.17, 15) is 18.0 Å². The molecule has 10 heteroatoms. The summed E-state index contributed by atoms with van der Waals surface area (Å²) in [5, 5.41) is 7.76. The van der Waals surface area contributed by atoms with E-state index >= 15 is 0 Å². The van der Waals surface area contributed by atoms with E-state index in [-0.39, 0.29) is 34.9 Å². The molecule has 3 heterocycles. The summed E-state index contributed by atoms with van der Waals surface area (Å²) in [5.74, 6) is -0.594. The summed E-state index contributed by atoms with van der Waals surface area (Å²) in [6.07, 6.45) is 3.60. The number of amides is 1. The van der Waals surface area contributed by atoms with Crippen molar-refractivity contribution in [2.75, 3.05) is 0 Å². The Kier molecular flexibility index (Phi) is 5.65. The summed E-state index contributed by atoms with van der Waals surface area (Å²) < 4.78 is 42.9. The van der Waals surface area contributed by atoms with Gasteiger partial charge in [-0.05, 0) is 55.4 Å². The number of fused-ring (bicyclic) bond motifs is 2. The number of carbonyl (C=O) groups is 1. The number of rotatable bonds is 5. The van der Waals surface area contributed by atoms with Crippen molar-refractivity contribution in [1.29, 1.82) is 0 Å². The summed E-state index contributed by atoms with van der Waals surface area (Å²) in [4.78, 5) is 23.4. The third-order valence-electron chi connectivity index (χ3n) is 6.46. The summed E-state index contributed by atoms with van der Waals surface area (Å²) in [6, 6.07) is 8.07. The van der Waals surface area contributed by atoms with Gasteiger partial charge in [0.2, 0.25) is 6.41 Å². The SMILES string of the molecule is O=CN[C@H]1CCC(c2cnc3c(F)cccc3c2)C(c2cc(C(F)F)nc3ncnn23)CC1. The third kappa shape index (κ3) is 4.01. The molecule has 0 radical (unpaired) electrons. The first-order valence-electron chi connectivity index (χ1n) is 10.8. The molecule has 0 spiro atoms. The van der Waals surface area contributed by atoms with Crippen LogP contribution in [0.25, 0.3) is 16.7 Å². The molecule has 1 saturated carbocycles. The average molecular weight is 454 g/mol. The molecule has 1 fully saturated rings. The van der Waals surface area contributed by atoms with Gasteiger partial charge in [0.1, 0.15) is 23.4 Å². The van der Waals surface area contributed by atoms with Gasteiger partial charge in [-0.2, -0.15) is 10.1 Å². The first-order chi connectivity index (χ1) is 16.0. The third-order valence-corrected chi connectivity index (χ3v) is 6.46. The van der Waals surface area contributed by atoms with Crippen LogP contribution in [0.3, 0.4) is 0 Å². The van der Waals surface area contributed by atoms with Gasteiger partial charge in [0.25, 0.3) is 12.2 Å². The van der Waals surface area contributed by atoms with Crippen molar-refractivity contribution >= 4 is 23.1 Å². The van der Waals surface area contributed by atoms with Gasteiger partial charge in [0.15, 0.2) is 0 Å². The molecule has 1 amide bonds. The normalized spacial score (nSPS) is 21.4. The zero-order valence-electron chi connectivity index (χ0n) is 17.5. The number of pyridine rings is 1. The molecule has 1 aliphatic rings. The molecule has 4 aromatic rings. The first-order valence-corrected chi connectivity index (χ1v) is 10.8. The topological polar surface area (TPSA) is 85.1 Å². The van der Waals surface area contributed by atoms with E-state index < -0.39 is 12.2 Å². The highest BCUT2D eigenvalue weighted by Gasteiger charge is 2.33. The molecule has 0 aliphatic heterocycles. The largest absolute Gasteiger partial charge is 0.356 e. The van der Waals surface area contributed by atoms with Crippen molar-refractivity contribution in [1.82, 2.24) is 29.9 Å². The van der Waals surface area contributed by atoms with Gasteiger partial charge in [-0.15, -0.1) is 0 Å². The number of alkyl halides is 2. The lowest BCUT2D eigenvalue weighted by atomic mass is 9.80. The highest BCUT2D eigenvalue weighted by molar-refractivity contribution is 5.79. The van der Waals surface area contributed by atoms with Crippen molar-refractivity contribution < 1.29 is 18.0 Å². The van der Waals surface area contributed by atoms with E-state index in [0.717, 1.165) is 5.56 Å². The minimum absolute atomic E-state index is 0.0245. The first kappa shape index (κ1) is 21.3. The average Bonchev–Trinajstić information content (AvgIpc) is 3.19. The minimum Gasteiger partial charge on any atom is -0.356 e. The fourth-order valence-corrected chi connectivity index (χ4v) is 4.90. The molecule has 3 atom stereocenters. The fraction of sp³-hybridized carbons (Fsp3) is 0.348. The Balaban J connectivity index is 1.64. The highest BCUT2D eigenvalue weighted by Crippen LogP contribution is 2.43.